The Labute approximate surface area is 219 Å². The Hall–Kier alpha value is -5.30. The molecule has 192 valence electrons. The van der Waals surface area contributed by atoms with E-state index in [4.69, 9.17) is 5.11 Å². The monoisotopic (exact) mass is 510 g/mol. The molecule has 4 aromatic carbocycles. The first-order valence-corrected chi connectivity index (χ1v) is 11.5. The molecule has 7 nitrogen and oxygen atoms in total. The number of aryl methyl sites for hydroxylation is 1. The van der Waals surface area contributed by atoms with Crippen molar-refractivity contribution in [2.24, 2.45) is 0 Å². The lowest BCUT2D eigenvalue weighted by molar-refractivity contribution is 0.103. The summed E-state index contributed by atoms with van der Waals surface area (Å²) < 4.78 is 0. The van der Waals surface area contributed by atoms with Crippen molar-refractivity contribution in [2.45, 2.75) is 6.92 Å². The molecular formula is C31H26O7. The summed E-state index contributed by atoms with van der Waals surface area (Å²) in [5.74, 6) is -0.332. The molecule has 38 heavy (non-hydrogen) atoms. The highest BCUT2D eigenvalue weighted by atomic mass is 16.3. The maximum absolute atomic E-state index is 11.9. The maximum Gasteiger partial charge on any atom is 0.185 e. The predicted octanol–water partition coefficient (Wildman–Crippen LogP) is 6.00. The zero-order valence-corrected chi connectivity index (χ0v) is 20.4. The van der Waals surface area contributed by atoms with Gasteiger partial charge in [-0.1, -0.05) is 36.4 Å². The third kappa shape index (κ3) is 7.86. The van der Waals surface area contributed by atoms with Gasteiger partial charge in [0.15, 0.2) is 11.6 Å². The number of benzene rings is 4. The lowest BCUT2D eigenvalue weighted by atomic mass is 10.1. The minimum atomic E-state index is -0.289. The third-order valence-electron chi connectivity index (χ3n) is 5.36. The molecule has 0 radical (unpaired) electrons. The number of carbonyl (C=O) groups is 2. The Morgan fingerprint density at radius 3 is 1.47 bits per heavy atom. The number of ketones is 2. The van der Waals surface area contributed by atoms with Crippen molar-refractivity contribution in [2.75, 3.05) is 0 Å². The molecule has 5 N–H and O–H groups in total. The summed E-state index contributed by atoms with van der Waals surface area (Å²) in [7, 11) is 0. The van der Waals surface area contributed by atoms with E-state index in [1.807, 2.05) is 6.92 Å². The van der Waals surface area contributed by atoms with Gasteiger partial charge in [-0.3, -0.25) is 9.59 Å². The number of carbonyl (C=O) groups excluding carboxylic acids is 2. The molecule has 4 rings (SSSR count). The van der Waals surface area contributed by atoms with E-state index in [0.29, 0.717) is 16.7 Å². The second-order valence-electron chi connectivity index (χ2n) is 8.28. The Kier molecular flexibility index (Phi) is 9.05. The van der Waals surface area contributed by atoms with Gasteiger partial charge >= 0.3 is 0 Å². The third-order valence-corrected chi connectivity index (χ3v) is 5.36. The van der Waals surface area contributed by atoms with E-state index in [0.717, 1.165) is 11.1 Å². The largest absolute Gasteiger partial charge is 0.508 e. The van der Waals surface area contributed by atoms with Gasteiger partial charge < -0.3 is 25.5 Å². The van der Waals surface area contributed by atoms with Crippen LogP contribution in [0.5, 0.6) is 28.7 Å². The van der Waals surface area contributed by atoms with Crippen LogP contribution in [0.1, 0.15) is 37.4 Å². The Bertz CT molecular complexity index is 1400. The number of rotatable bonds is 6. The highest BCUT2D eigenvalue weighted by Crippen LogP contribution is 2.24. The lowest BCUT2D eigenvalue weighted by Crippen LogP contribution is -1.93. The number of phenolic OH excluding ortho intramolecular Hbond substituents is 5. The SMILES string of the molecule is Cc1cc(O)ccc1/C=C\C(=O)c1cccc(O)c1.O=C(/C=C/c1ccc(O)cc1O)c1cccc(O)c1. The summed E-state index contributed by atoms with van der Waals surface area (Å²) in [6.45, 7) is 1.86. The van der Waals surface area contributed by atoms with E-state index in [1.54, 1.807) is 48.5 Å². The van der Waals surface area contributed by atoms with Crippen LogP contribution < -0.4 is 0 Å². The minimum absolute atomic E-state index is 0.0201. The van der Waals surface area contributed by atoms with Gasteiger partial charge in [-0.25, -0.2) is 0 Å². The molecule has 0 saturated carbocycles. The molecule has 0 amide bonds. The number of hydrogen-bond donors (Lipinski definition) is 5. The molecule has 0 fully saturated rings. The molecule has 4 aromatic rings. The molecule has 0 saturated heterocycles. The molecular weight excluding hydrogens is 484 g/mol. The van der Waals surface area contributed by atoms with Gasteiger partial charge in [-0.2, -0.15) is 0 Å². The molecule has 0 unspecified atom stereocenters. The second kappa shape index (κ2) is 12.6. The Balaban J connectivity index is 0.000000211. The fraction of sp³-hybridized carbons (Fsp3) is 0.0323. The van der Waals surface area contributed by atoms with Crippen LogP contribution in [0.25, 0.3) is 12.2 Å². The van der Waals surface area contributed by atoms with E-state index in [-0.39, 0.29) is 40.3 Å². The Morgan fingerprint density at radius 1 is 0.553 bits per heavy atom. The fourth-order valence-corrected chi connectivity index (χ4v) is 3.36. The van der Waals surface area contributed by atoms with Crippen LogP contribution in [0, 0.1) is 6.92 Å². The summed E-state index contributed by atoms with van der Waals surface area (Å²) in [5.41, 5.74) is 2.97. The minimum Gasteiger partial charge on any atom is -0.508 e. The fourth-order valence-electron chi connectivity index (χ4n) is 3.36. The van der Waals surface area contributed by atoms with Crippen molar-refractivity contribution >= 4 is 23.7 Å². The smallest absolute Gasteiger partial charge is 0.185 e. The lowest BCUT2D eigenvalue weighted by Gasteiger charge is -2.01. The van der Waals surface area contributed by atoms with E-state index < -0.39 is 0 Å². The van der Waals surface area contributed by atoms with E-state index >= 15 is 0 Å². The average molecular weight is 511 g/mol. The molecule has 0 heterocycles. The summed E-state index contributed by atoms with van der Waals surface area (Å²) in [6.07, 6.45) is 5.89. The molecule has 0 bridgehead atoms. The van der Waals surface area contributed by atoms with Gasteiger partial charge in [0, 0.05) is 22.8 Å². The predicted molar refractivity (Wildman–Crippen MR) is 146 cm³/mol. The van der Waals surface area contributed by atoms with Crippen LogP contribution in [0.3, 0.4) is 0 Å². The average Bonchev–Trinajstić information content (AvgIpc) is 2.88. The van der Waals surface area contributed by atoms with Gasteiger partial charge in [0.1, 0.15) is 28.7 Å². The highest BCUT2D eigenvalue weighted by Gasteiger charge is 2.05. The summed E-state index contributed by atoms with van der Waals surface area (Å²) >= 11 is 0. The van der Waals surface area contributed by atoms with Crippen molar-refractivity contribution in [3.63, 3.8) is 0 Å². The van der Waals surface area contributed by atoms with Gasteiger partial charge in [-0.15, -0.1) is 0 Å². The van der Waals surface area contributed by atoms with Crippen molar-refractivity contribution in [1.82, 2.24) is 0 Å². The van der Waals surface area contributed by atoms with E-state index in [2.05, 4.69) is 0 Å². The Morgan fingerprint density at radius 2 is 1.00 bits per heavy atom. The standard InChI is InChI=1S/C16H14O3.C15H12O4/c1-11-9-15(18)7-5-12(11)6-8-16(19)13-3-2-4-14(17)10-13;16-12-3-1-2-11(8-12)14(18)7-5-10-4-6-13(17)9-15(10)19/h2-10,17-18H,1H3;1-9,16-17,19H/b8-6-;7-5+. The van der Waals surface area contributed by atoms with Gasteiger partial charge in [0.05, 0.1) is 0 Å². The molecule has 0 aliphatic carbocycles. The van der Waals surface area contributed by atoms with Gasteiger partial charge in [0.25, 0.3) is 0 Å². The van der Waals surface area contributed by atoms with Crippen molar-refractivity contribution < 1.29 is 35.1 Å². The first-order valence-electron chi connectivity index (χ1n) is 11.5. The summed E-state index contributed by atoms with van der Waals surface area (Å²) in [5, 5.41) is 46.6. The first kappa shape index (κ1) is 27.3. The van der Waals surface area contributed by atoms with Crippen LogP contribution in [0.15, 0.2) is 97.1 Å². The quantitative estimate of drug-likeness (QED) is 0.159. The molecule has 0 aromatic heterocycles. The van der Waals surface area contributed by atoms with Crippen molar-refractivity contribution in [1.29, 1.82) is 0 Å². The summed E-state index contributed by atoms with van der Waals surface area (Å²) in [6, 6.07) is 21.3. The molecule has 0 aliphatic heterocycles. The first-order chi connectivity index (χ1) is 18.1. The second-order valence-corrected chi connectivity index (χ2v) is 8.28. The van der Waals surface area contributed by atoms with E-state index in [9.17, 15) is 30.0 Å². The number of aromatic hydroxyl groups is 5. The molecule has 7 heteroatoms. The van der Waals surface area contributed by atoms with Crippen molar-refractivity contribution in [3.05, 3.63) is 125 Å². The maximum atomic E-state index is 11.9. The molecule has 0 spiro atoms. The normalized spacial score (nSPS) is 10.8. The number of allylic oxidation sites excluding steroid dienone is 2. The molecule has 0 atom stereocenters. The summed E-state index contributed by atoms with van der Waals surface area (Å²) in [4.78, 5) is 23.7. The van der Waals surface area contributed by atoms with Crippen LogP contribution in [-0.2, 0) is 0 Å². The van der Waals surface area contributed by atoms with Crippen LogP contribution in [0.2, 0.25) is 0 Å². The highest BCUT2D eigenvalue weighted by molar-refractivity contribution is 6.07. The van der Waals surface area contributed by atoms with Crippen molar-refractivity contribution in [3.8, 4) is 28.7 Å². The topological polar surface area (TPSA) is 135 Å². The zero-order chi connectivity index (χ0) is 27.7. The molecule has 0 aliphatic rings. The van der Waals surface area contributed by atoms with Crippen LogP contribution >= 0.6 is 0 Å². The zero-order valence-electron chi connectivity index (χ0n) is 20.4. The van der Waals surface area contributed by atoms with Crippen LogP contribution in [-0.4, -0.2) is 37.1 Å². The van der Waals surface area contributed by atoms with Gasteiger partial charge in [-0.05, 0) is 84.8 Å². The van der Waals surface area contributed by atoms with Crippen LogP contribution in [0.4, 0.5) is 0 Å². The van der Waals surface area contributed by atoms with Gasteiger partial charge in [0.2, 0.25) is 0 Å². The van der Waals surface area contributed by atoms with E-state index in [1.165, 1.54) is 60.7 Å². The number of hydrogen-bond acceptors (Lipinski definition) is 7. The number of phenols is 5.